The molecule has 0 radical (unpaired) electrons. The Hall–Kier alpha value is -0.380. The van der Waals surface area contributed by atoms with Crippen molar-refractivity contribution in [3.8, 4) is 0 Å². The van der Waals surface area contributed by atoms with Crippen LogP contribution in [0.15, 0.2) is 12.1 Å². The molecule has 2 rings (SSSR count). The lowest BCUT2D eigenvalue weighted by Crippen LogP contribution is -2.43. The molecule has 3 unspecified atom stereocenters. The monoisotopic (exact) mass is 224 g/mol. The van der Waals surface area contributed by atoms with Crippen LogP contribution >= 0.6 is 11.3 Å². The number of hydrogen-bond acceptors (Lipinski definition) is 3. The Bertz CT molecular complexity index is 321. The van der Waals surface area contributed by atoms with Crippen LogP contribution < -0.4 is 11.1 Å². The average Bonchev–Trinajstić information content (AvgIpc) is 2.65. The van der Waals surface area contributed by atoms with E-state index in [1.165, 1.54) is 16.2 Å². The Balaban J connectivity index is 2.16. The summed E-state index contributed by atoms with van der Waals surface area (Å²) in [7, 11) is 0. The second-order valence-corrected chi connectivity index (χ2v) is 5.92. The molecule has 0 spiro atoms. The molecule has 1 aromatic heterocycles. The highest BCUT2D eigenvalue weighted by molar-refractivity contribution is 7.12. The number of aryl methyl sites for hydroxylation is 1. The zero-order chi connectivity index (χ0) is 10.8. The highest BCUT2D eigenvalue weighted by Crippen LogP contribution is 2.35. The lowest BCUT2D eigenvalue weighted by molar-refractivity contribution is 0.288. The van der Waals surface area contributed by atoms with Crippen LogP contribution in [0.1, 0.15) is 29.0 Å². The van der Waals surface area contributed by atoms with Crippen molar-refractivity contribution in [3.05, 3.63) is 21.9 Å². The molecule has 3 N–H and O–H groups in total. The molecule has 15 heavy (non-hydrogen) atoms. The van der Waals surface area contributed by atoms with Crippen LogP contribution in [-0.4, -0.2) is 19.1 Å². The predicted octanol–water partition coefficient (Wildman–Crippen LogP) is 2.10. The molecule has 2 heterocycles. The van der Waals surface area contributed by atoms with Crippen molar-refractivity contribution in [1.29, 1.82) is 0 Å². The van der Waals surface area contributed by atoms with Crippen molar-refractivity contribution >= 4 is 11.3 Å². The van der Waals surface area contributed by atoms with Gasteiger partial charge in [-0.05, 0) is 50.8 Å². The normalized spacial score (nSPS) is 31.8. The van der Waals surface area contributed by atoms with Crippen molar-refractivity contribution in [2.24, 2.45) is 11.7 Å². The SMILES string of the molecule is Cc1ccc(C2CC(C)NCC2CN)s1. The average molecular weight is 224 g/mol. The third kappa shape index (κ3) is 2.41. The summed E-state index contributed by atoms with van der Waals surface area (Å²) in [5.74, 6) is 1.28. The van der Waals surface area contributed by atoms with Gasteiger partial charge in [0.2, 0.25) is 0 Å². The van der Waals surface area contributed by atoms with Crippen molar-refractivity contribution < 1.29 is 0 Å². The highest BCUT2D eigenvalue weighted by Gasteiger charge is 2.29. The first-order valence-electron chi connectivity index (χ1n) is 5.70. The minimum Gasteiger partial charge on any atom is -0.330 e. The largest absolute Gasteiger partial charge is 0.330 e. The number of nitrogens with one attached hydrogen (secondary N) is 1. The Labute approximate surface area is 95.9 Å². The van der Waals surface area contributed by atoms with Crippen LogP contribution in [0.5, 0.6) is 0 Å². The Morgan fingerprint density at radius 3 is 2.93 bits per heavy atom. The molecule has 84 valence electrons. The van der Waals surface area contributed by atoms with Crippen LogP contribution in [0.25, 0.3) is 0 Å². The van der Waals surface area contributed by atoms with E-state index in [2.05, 4.69) is 31.3 Å². The van der Waals surface area contributed by atoms with Crippen LogP contribution in [-0.2, 0) is 0 Å². The first kappa shape index (κ1) is 11.1. The number of nitrogens with two attached hydrogens (primary N) is 1. The van der Waals surface area contributed by atoms with E-state index in [4.69, 9.17) is 5.73 Å². The van der Waals surface area contributed by atoms with Gasteiger partial charge < -0.3 is 11.1 Å². The molecule has 3 atom stereocenters. The van der Waals surface area contributed by atoms with Gasteiger partial charge in [0.25, 0.3) is 0 Å². The lowest BCUT2D eigenvalue weighted by atomic mass is 9.82. The molecule has 0 amide bonds. The van der Waals surface area contributed by atoms with Crippen LogP contribution in [0.4, 0.5) is 0 Å². The van der Waals surface area contributed by atoms with Crippen molar-refractivity contribution in [2.75, 3.05) is 13.1 Å². The quantitative estimate of drug-likeness (QED) is 0.807. The van der Waals surface area contributed by atoms with Crippen LogP contribution in [0.2, 0.25) is 0 Å². The van der Waals surface area contributed by atoms with E-state index in [1.54, 1.807) is 0 Å². The molecule has 0 aliphatic carbocycles. The third-order valence-electron chi connectivity index (χ3n) is 3.33. The van der Waals surface area contributed by atoms with E-state index in [9.17, 15) is 0 Å². The van der Waals surface area contributed by atoms with E-state index in [0.29, 0.717) is 17.9 Å². The molecule has 3 heteroatoms. The van der Waals surface area contributed by atoms with Gasteiger partial charge in [0.05, 0.1) is 0 Å². The molecule has 1 fully saturated rings. The summed E-state index contributed by atoms with van der Waals surface area (Å²) in [6.07, 6.45) is 1.22. The maximum atomic E-state index is 5.85. The highest BCUT2D eigenvalue weighted by atomic mass is 32.1. The fourth-order valence-electron chi connectivity index (χ4n) is 2.40. The Morgan fingerprint density at radius 1 is 1.53 bits per heavy atom. The number of hydrogen-bond donors (Lipinski definition) is 2. The molecule has 0 aromatic carbocycles. The first-order valence-corrected chi connectivity index (χ1v) is 6.52. The van der Waals surface area contributed by atoms with Gasteiger partial charge in [0, 0.05) is 22.3 Å². The summed E-state index contributed by atoms with van der Waals surface area (Å²) >= 11 is 1.93. The number of piperidine rings is 1. The fourth-order valence-corrected chi connectivity index (χ4v) is 3.48. The molecule has 0 saturated carbocycles. The smallest absolute Gasteiger partial charge is 0.00833 e. The zero-order valence-electron chi connectivity index (χ0n) is 9.49. The Morgan fingerprint density at radius 2 is 2.33 bits per heavy atom. The van der Waals surface area contributed by atoms with E-state index >= 15 is 0 Å². The summed E-state index contributed by atoms with van der Waals surface area (Å²) in [5.41, 5.74) is 5.85. The molecule has 1 aliphatic rings. The maximum Gasteiger partial charge on any atom is 0.00833 e. The first-order chi connectivity index (χ1) is 7.20. The van der Waals surface area contributed by atoms with Gasteiger partial charge in [-0.3, -0.25) is 0 Å². The minimum absolute atomic E-state index is 0.610. The molecule has 2 nitrogen and oxygen atoms in total. The van der Waals surface area contributed by atoms with E-state index in [0.717, 1.165) is 13.1 Å². The van der Waals surface area contributed by atoms with Gasteiger partial charge in [0.1, 0.15) is 0 Å². The fraction of sp³-hybridized carbons (Fsp3) is 0.667. The molecular weight excluding hydrogens is 204 g/mol. The number of thiophene rings is 1. The molecule has 1 aromatic rings. The minimum atomic E-state index is 0.610. The van der Waals surface area contributed by atoms with Gasteiger partial charge in [-0.2, -0.15) is 0 Å². The van der Waals surface area contributed by atoms with Gasteiger partial charge in [-0.15, -0.1) is 11.3 Å². The van der Waals surface area contributed by atoms with E-state index < -0.39 is 0 Å². The summed E-state index contributed by atoms with van der Waals surface area (Å²) in [5, 5.41) is 3.51. The molecule has 1 saturated heterocycles. The van der Waals surface area contributed by atoms with Gasteiger partial charge >= 0.3 is 0 Å². The summed E-state index contributed by atoms with van der Waals surface area (Å²) < 4.78 is 0. The molecule has 1 aliphatic heterocycles. The summed E-state index contributed by atoms with van der Waals surface area (Å²) in [6.45, 7) is 6.30. The van der Waals surface area contributed by atoms with Crippen LogP contribution in [0, 0.1) is 12.8 Å². The third-order valence-corrected chi connectivity index (χ3v) is 4.47. The van der Waals surface area contributed by atoms with Crippen molar-refractivity contribution in [1.82, 2.24) is 5.32 Å². The lowest BCUT2D eigenvalue weighted by Gasteiger charge is -2.34. The number of rotatable bonds is 2. The Kier molecular flexibility index (Phi) is 3.44. The van der Waals surface area contributed by atoms with Crippen molar-refractivity contribution in [2.45, 2.75) is 32.2 Å². The summed E-state index contributed by atoms with van der Waals surface area (Å²) in [4.78, 5) is 2.93. The predicted molar refractivity (Wildman–Crippen MR) is 66.4 cm³/mol. The standard InChI is InChI=1S/C12H20N2S/c1-8-5-11(10(6-13)7-14-8)12-4-3-9(2)15-12/h3-4,8,10-11,14H,5-7,13H2,1-2H3. The van der Waals surface area contributed by atoms with E-state index in [1.807, 2.05) is 11.3 Å². The van der Waals surface area contributed by atoms with Gasteiger partial charge in [0.15, 0.2) is 0 Å². The van der Waals surface area contributed by atoms with Gasteiger partial charge in [-0.1, -0.05) is 0 Å². The maximum absolute atomic E-state index is 5.85. The van der Waals surface area contributed by atoms with Crippen LogP contribution in [0.3, 0.4) is 0 Å². The second-order valence-electron chi connectivity index (χ2n) is 4.60. The van der Waals surface area contributed by atoms with Gasteiger partial charge in [-0.25, -0.2) is 0 Å². The second kappa shape index (κ2) is 4.64. The van der Waals surface area contributed by atoms with Crippen molar-refractivity contribution in [3.63, 3.8) is 0 Å². The topological polar surface area (TPSA) is 38.0 Å². The zero-order valence-corrected chi connectivity index (χ0v) is 10.3. The van der Waals surface area contributed by atoms with E-state index in [-0.39, 0.29) is 0 Å². The summed E-state index contributed by atoms with van der Waals surface area (Å²) in [6, 6.07) is 5.13. The molecule has 0 bridgehead atoms. The molecular formula is C12H20N2S.